The topological polar surface area (TPSA) is 84.2 Å². The molecule has 0 aliphatic carbocycles. The van der Waals surface area contributed by atoms with E-state index in [0.717, 1.165) is 19.2 Å². The third-order valence-electron chi connectivity index (χ3n) is 5.13. The second kappa shape index (κ2) is 6.41. The molecule has 0 bridgehead atoms. The van der Waals surface area contributed by atoms with Gasteiger partial charge in [0.25, 0.3) is 0 Å². The van der Waals surface area contributed by atoms with Gasteiger partial charge in [-0.3, -0.25) is 4.79 Å². The van der Waals surface area contributed by atoms with E-state index in [-0.39, 0.29) is 23.8 Å². The molecule has 3 heterocycles. The Kier molecular flexibility index (Phi) is 4.18. The van der Waals surface area contributed by atoms with Crippen LogP contribution in [0.25, 0.3) is 10.9 Å². The Balaban J connectivity index is 1.96. The molecule has 0 saturated carbocycles. The summed E-state index contributed by atoms with van der Waals surface area (Å²) in [5.74, 6) is -0.583. The summed E-state index contributed by atoms with van der Waals surface area (Å²) in [6, 6.07) is 0.990. The van der Waals surface area contributed by atoms with Crippen LogP contribution in [0.15, 0.2) is 17.1 Å². The van der Waals surface area contributed by atoms with E-state index in [0.29, 0.717) is 30.0 Å². The van der Waals surface area contributed by atoms with Crippen LogP contribution in [-0.4, -0.2) is 60.6 Å². The second-order valence-corrected chi connectivity index (χ2v) is 6.98. The van der Waals surface area contributed by atoms with Crippen molar-refractivity contribution in [3.05, 3.63) is 28.3 Å². The Hall–Kier alpha value is -2.81. The van der Waals surface area contributed by atoms with Crippen LogP contribution in [0.5, 0.6) is 11.5 Å². The Labute approximate surface area is 154 Å². The van der Waals surface area contributed by atoms with Crippen molar-refractivity contribution in [3.8, 4) is 11.5 Å². The van der Waals surface area contributed by atoms with E-state index in [1.807, 2.05) is 18.9 Å². The first-order valence-corrected chi connectivity index (χ1v) is 8.75. The van der Waals surface area contributed by atoms with Crippen molar-refractivity contribution >= 4 is 22.7 Å². The fourth-order valence-corrected chi connectivity index (χ4v) is 3.68. The minimum atomic E-state index is -1.59. The second-order valence-electron chi connectivity index (χ2n) is 6.98. The molecular formula is C18H20FN3O5. The summed E-state index contributed by atoms with van der Waals surface area (Å²) in [5.41, 5.74) is 0.140. The molecule has 27 heavy (non-hydrogen) atoms. The number of ether oxygens (including phenoxy) is 2. The van der Waals surface area contributed by atoms with Crippen molar-refractivity contribution in [2.24, 2.45) is 0 Å². The van der Waals surface area contributed by atoms with Crippen LogP contribution < -0.4 is 19.8 Å². The maximum Gasteiger partial charge on any atom is 0.511 e. The average molecular weight is 377 g/mol. The first-order chi connectivity index (χ1) is 12.9. The summed E-state index contributed by atoms with van der Waals surface area (Å²) in [6.07, 6.45) is -0.227. The van der Waals surface area contributed by atoms with Crippen LogP contribution >= 0.6 is 0 Å². The van der Waals surface area contributed by atoms with E-state index >= 15 is 4.39 Å². The molecule has 1 aromatic carbocycles. The Morgan fingerprint density at radius 2 is 2.04 bits per heavy atom. The Bertz CT molecular complexity index is 981. The number of nitrogens with zero attached hydrogens (tertiary/aromatic N) is 3. The van der Waals surface area contributed by atoms with Gasteiger partial charge in [0.05, 0.1) is 23.1 Å². The highest BCUT2D eigenvalue weighted by molar-refractivity contribution is 5.93. The minimum absolute atomic E-state index is 0.0469. The van der Waals surface area contributed by atoms with Crippen LogP contribution in [0, 0.1) is 5.82 Å². The van der Waals surface area contributed by atoms with E-state index < -0.39 is 17.4 Å². The number of carboxylic acid groups (broad SMARTS) is 1. The van der Waals surface area contributed by atoms with Crippen LogP contribution in [0.1, 0.15) is 13.0 Å². The molecule has 1 atom stereocenters. The molecule has 2 aromatic rings. The Morgan fingerprint density at radius 3 is 2.70 bits per heavy atom. The standard InChI is InChI=1S/C18H20FN3O5/c1-10-9-26-17-14-11(16(23)13(8-22(10)14)27-18(24)25)7-12(19)15(17)21-5-3-20(2)4-6-21/h7-8,10H,3-6,9H2,1-2H3,(H,24,25)/t10-/m0/s1. The third kappa shape index (κ3) is 2.87. The van der Waals surface area contributed by atoms with Gasteiger partial charge in [-0.25, -0.2) is 9.18 Å². The van der Waals surface area contributed by atoms with Crippen LogP contribution in [0.2, 0.25) is 0 Å². The lowest BCUT2D eigenvalue weighted by Crippen LogP contribution is -2.45. The molecule has 8 nitrogen and oxygen atoms in total. The summed E-state index contributed by atoms with van der Waals surface area (Å²) < 4.78 is 27.2. The fourth-order valence-electron chi connectivity index (χ4n) is 3.68. The summed E-state index contributed by atoms with van der Waals surface area (Å²) >= 11 is 0. The number of anilines is 1. The molecule has 0 spiro atoms. The first-order valence-electron chi connectivity index (χ1n) is 8.75. The van der Waals surface area contributed by atoms with Crippen molar-refractivity contribution < 1.29 is 23.8 Å². The molecule has 1 saturated heterocycles. The van der Waals surface area contributed by atoms with E-state index in [9.17, 15) is 9.59 Å². The fraction of sp³-hybridized carbons (Fsp3) is 0.444. The number of rotatable bonds is 2. The lowest BCUT2D eigenvalue weighted by Gasteiger charge is -2.37. The maximum atomic E-state index is 15.0. The van der Waals surface area contributed by atoms with Crippen molar-refractivity contribution in [1.29, 1.82) is 0 Å². The van der Waals surface area contributed by atoms with Gasteiger partial charge in [0.15, 0.2) is 17.3 Å². The number of carbonyl (C=O) groups is 1. The molecule has 1 N–H and O–H groups in total. The van der Waals surface area contributed by atoms with Gasteiger partial charge in [0, 0.05) is 26.2 Å². The molecule has 1 fully saturated rings. The molecule has 0 amide bonds. The number of piperazine rings is 1. The highest BCUT2D eigenvalue weighted by atomic mass is 19.1. The molecule has 1 aromatic heterocycles. The number of likely N-dealkylation sites (N-methyl/N-ethyl adjacent to an activating group) is 1. The molecular weight excluding hydrogens is 357 g/mol. The van der Waals surface area contributed by atoms with E-state index in [4.69, 9.17) is 9.84 Å². The maximum absolute atomic E-state index is 15.0. The molecule has 2 aliphatic rings. The van der Waals surface area contributed by atoms with Gasteiger partial charge >= 0.3 is 6.16 Å². The number of pyridine rings is 1. The van der Waals surface area contributed by atoms with Crippen LogP contribution in [0.4, 0.5) is 14.9 Å². The lowest BCUT2D eigenvalue weighted by molar-refractivity contribution is 0.143. The van der Waals surface area contributed by atoms with Crippen molar-refractivity contribution in [2.45, 2.75) is 13.0 Å². The SMILES string of the molecule is C[C@H]1COc2c(N3CCN(C)CC3)c(F)cc3c(=O)c(OC(=O)O)cn1c23. The van der Waals surface area contributed by atoms with Crippen molar-refractivity contribution in [2.75, 3.05) is 44.7 Å². The number of aromatic nitrogens is 1. The molecule has 0 unspecified atom stereocenters. The van der Waals surface area contributed by atoms with Gasteiger partial charge in [-0.15, -0.1) is 0 Å². The zero-order chi connectivity index (χ0) is 19.3. The number of hydrogen-bond acceptors (Lipinski definition) is 6. The minimum Gasteiger partial charge on any atom is -0.487 e. The third-order valence-corrected chi connectivity index (χ3v) is 5.13. The predicted molar refractivity (Wildman–Crippen MR) is 96.7 cm³/mol. The van der Waals surface area contributed by atoms with Gasteiger partial charge in [-0.05, 0) is 20.0 Å². The number of halogens is 1. The van der Waals surface area contributed by atoms with Gasteiger partial charge in [-0.2, -0.15) is 0 Å². The van der Waals surface area contributed by atoms with E-state index in [1.165, 1.54) is 6.20 Å². The highest BCUT2D eigenvalue weighted by Gasteiger charge is 2.30. The average Bonchev–Trinajstić information content (AvgIpc) is 2.62. The number of benzene rings is 1. The van der Waals surface area contributed by atoms with Gasteiger partial charge < -0.3 is 28.9 Å². The summed E-state index contributed by atoms with van der Waals surface area (Å²) in [5, 5.41) is 8.92. The predicted octanol–water partition coefficient (Wildman–Crippen LogP) is 1.90. The van der Waals surface area contributed by atoms with E-state index in [2.05, 4.69) is 9.64 Å². The highest BCUT2D eigenvalue weighted by Crippen LogP contribution is 2.42. The zero-order valence-corrected chi connectivity index (χ0v) is 15.1. The Morgan fingerprint density at radius 1 is 1.33 bits per heavy atom. The summed E-state index contributed by atoms with van der Waals surface area (Å²) in [4.78, 5) is 27.6. The van der Waals surface area contributed by atoms with Gasteiger partial charge in [0.1, 0.15) is 12.3 Å². The summed E-state index contributed by atoms with van der Waals surface area (Å²) in [7, 11) is 2.01. The largest absolute Gasteiger partial charge is 0.511 e. The van der Waals surface area contributed by atoms with Gasteiger partial charge in [0.2, 0.25) is 5.43 Å². The van der Waals surface area contributed by atoms with Crippen LogP contribution in [-0.2, 0) is 0 Å². The monoisotopic (exact) mass is 377 g/mol. The smallest absolute Gasteiger partial charge is 0.487 e. The molecule has 9 heteroatoms. The van der Waals surface area contributed by atoms with Crippen molar-refractivity contribution in [1.82, 2.24) is 9.47 Å². The molecule has 2 aliphatic heterocycles. The molecule has 0 radical (unpaired) electrons. The zero-order valence-electron chi connectivity index (χ0n) is 15.1. The van der Waals surface area contributed by atoms with Crippen molar-refractivity contribution in [3.63, 3.8) is 0 Å². The summed E-state index contributed by atoms with van der Waals surface area (Å²) in [6.45, 7) is 5.04. The molecule has 4 rings (SSSR count). The lowest BCUT2D eigenvalue weighted by atomic mass is 10.1. The first kappa shape index (κ1) is 17.6. The molecule has 144 valence electrons. The van der Waals surface area contributed by atoms with E-state index in [1.54, 1.807) is 4.57 Å². The number of hydrogen-bond donors (Lipinski definition) is 1. The normalized spacial score (nSPS) is 19.8. The van der Waals surface area contributed by atoms with Gasteiger partial charge in [-0.1, -0.05) is 0 Å². The van der Waals surface area contributed by atoms with Crippen LogP contribution in [0.3, 0.4) is 0 Å². The quantitative estimate of drug-likeness (QED) is 0.800.